The molecule has 2 heterocycles. The second kappa shape index (κ2) is 4.16. The molecule has 96 valence electrons. The second-order valence-corrected chi connectivity index (χ2v) is 3.94. The van der Waals surface area contributed by atoms with Crippen LogP contribution in [0.2, 0.25) is 0 Å². The van der Waals surface area contributed by atoms with Gasteiger partial charge in [-0.25, -0.2) is 4.39 Å². The van der Waals surface area contributed by atoms with Gasteiger partial charge in [-0.3, -0.25) is 4.98 Å². The summed E-state index contributed by atoms with van der Waals surface area (Å²) in [4.78, 5) is 3.92. The number of aromatic nitrogens is 5. The quantitative estimate of drug-likeness (QED) is 0.699. The van der Waals surface area contributed by atoms with Crippen LogP contribution in [0.25, 0.3) is 5.65 Å². The highest BCUT2D eigenvalue weighted by molar-refractivity contribution is 5.51. The predicted octanol–water partition coefficient (Wildman–Crippen LogP) is 1.34. The number of halogens is 1. The number of benzene rings is 1. The maximum absolute atomic E-state index is 13.8. The Morgan fingerprint density at radius 3 is 3.00 bits per heavy atom. The van der Waals surface area contributed by atoms with Crippen molar-refractivity contribution in [3.05, 3.63) is 35.9 Å². The third-order valence-corrected chi connectivity index (χ3v) is 2.61. The number of hydrogen-bond donors (Lipinski definition) is 1. The number of fused-ring (bicyclic) bond motifs is 1. The van der Waals surface area contributed by atoms with E-state index < -0.39 is 5.82 Å². The van der Waals surface area contributed by atoms with Crippen LogP contribution in [0.4, 0.5) is 10.1 Å². The summed E-state index contributed by atoms with van der Waals surface area (Å²) in [6, 6.07) is 2.71. The second-order valence-electron chi connectivity index (χ2n) is 3.94. The van der Waals surface area contributed by atoms with Crippen LogP contribution in [-0.4, -0.2) is 25.0 Å². The summed E-state index contributed by atoms with van der Waals surface area (Å²) >= 11 is 0. The third kappa shape index (κ3) is 1.92. The first kappa shape index (κ1) is 11.3. The zero-order valence-electron chi connectivity index (χ0n) is 9.91. The van der Waals surface area contributed by atoms with Gasteiger partial charge < -0.3 is 10.5 Å². The third-order valence-electron chi connectivity index (χ3n) is 2.61. The topological polar surface area (TPSA) is 91.2 Å². The van der Waals surface area contributed by atoms with Crippen molar-refractivity contribution in [3.8, 4) is 11.6 Å². The molecular weight excluding hydrogens is 251 g/mol. The van der Waals surface area contributed by atoms with Gasteiger partial charge in [0.05, 0.1) is 12.4 Å². The predicted molar refractivity (Wildman–Crippen MR) is 64.2 cm³/mol. The van der Waals surface area contributed by atoms with E-state index in [-0.39, 0.29) is 11.6 Å². The average Bonchev–Trinajstić information content (AvgIpc) is 2.85. The Morgan fingerprint density at radius 1 is 1.32 bits per heavy atom. The molecule has 3 aromatic rings. The van der Waals surface area contributed by atoms with E-state index in [1.807, 2.05) is 0 Å². The largest absolute Gasteiger partial charge is 0.434 e. The Hall–Kier alpha value is -2.77. The number of nitrogens with two attached hydrogens (primary N) is 1. The van der Waals surface area contributed by atoms with E-state index in [0.717, 1.165) is 0 Å². The molecule has 0 unspecified atom stereocenters. The SMILES string of the molecule is Cc1cc(Oc2cncc3nnnn23)c(F)cc1N. The van der Waals surface area contributed by atoms with Crippen molar-refractivity contribution in [3.63, 3.8) is 0 Å². The lowest BCUT2D eigenvalue weighted by Gasteiger charge is -2.09. The number of aryl methyl sites for hydroxylation is 1. The van der Waals surface area contributed by atoms with E-state index in [4.69, 9.17) is 10.5 Å². The zero-order chi connectivity index (χ0) is 13.4. The molecule has 0 radical (unpaired) electrons. The van der Waals surface area contributed by atoms with Gasteiger partial charge in [0.1, 0.15) is 0 Å². The fourth-order valence-electron chi connectivity index (χ4n) is 1.58. The Morgan fingerprint density at radius 2 is 2.16 bits per heavy atom. The number of nitrogens with zero attached hydrogens (tertiary/aromatic N) is 5. The number of rotatable bonds is 2. The molecule has 0 bridgehead atoms. The van der Waals surface area contributed by atoms with Gasteiger partial charge in [0.15, 0.2) is 11.6 Å². The Labute approximate surface area is 106 Å². The first-order valence-corrected chi connectivity index (χ1v) is 5.41. The molecule has 19 heavy (non-hydrogen) atoms. The highest BCUT2D eigenvalue weighted by atomic mass is 19.1. The average molecular weight is 260 g/mol. The van der Waals surface area contributed by atoms with Crippen molar-refractivity contribution in [1.82, 2.24) is 25.0 Å². The normalized spacial score (nSPS) is 10.8. The van der Waals surface area contributed by atoms with E-state index in [1.54, 1.807) is 6.92 Å². The molecule has 3 rings (SSSR count). The fourth-order valence-corrected chi connectivity index (χ4v) is 1.58. The molecule has 0 fully saturated rings. The Balaban J connectivity index is 2.06. The monoisotopic (exact) mass is 260 g/mol. The maximum atomic E-state index is 13.8. The summed E-state index contributed by atoms with van der Waals surface area (Å²) in [6.45, 7) is 1.76. The number of anilines is 1. The van der Waals surface area contributed by atoms with Crippen LogP contribution in [0, 0.1) is 12.7 Å². The molecule has 7 nitrogen and oxygen atoms in total. The maximum Gasteiger partial charge on any atom is 0.242 e. The highest BCUT2D eigenvalue weighted by Crippen LogP contribution is 2.27. The van der Waals surface area contributed by atoms with Gasteiger partial charge in [0, 0.05) is 11.8 Å². The Kier molecular flexibility index (Phi) is 2.48. The lowest BCUT2D eigenvalue weighted by atomic mass is 10.2. The van der Waals surface area contributed by atoms with Crippen LogP contribution in [-0.2, 0) is 0 Å². The first-order valence-electron chi connectivity index (χ1n) is 5.41. The standard InChI is InChI=1S/C11H9FN6O/c1-6-2-9(7(12)3-8(6)13)19-11-5-14-4-10-15-16-17-18(10)11/h2-5H,13H2,1H3. The molecule has 0 saturated heterocycles. The number of tetrazole rings is 1. The van der Waals surface area contributed by atoms with Gasteiger partial charge in [0.25, 0.3) is 0 Å². The van der Waals surface area contributed by atoms with Crippen molar-refractivity contribution >= 4 is 11.3 Å². The lowest BCUT2D eigenvalue weighted by Crippen LogP contribution is -1.99. The van der Waals surface area contributed by atoms with Crippen LogP contribution in [0.5, 0.6) is 11.6 Å². The molecule has 1 aromatic carbocycles. The molecule has 0 aliphatic rings. The summed E-state index contributed by atoms with van der Waals surface area (Å²) in [5.74, 6) is -0.310. The lowest BCUT2D eigenvalue weighted by molar-refractivity contribution is 0.412. The number of ether oxygens (including phenoxy) is 1. The molecule has 0 spiro atoms. The van der Waals surface area contributed by atoms with Crippen LogP contribution < -0.4 is 10.5 Å². The minimum absolute atomic E-state index is 0.0384. The van der Waals surface area contributed by atoms with E-state index in [9.17, 15) is 4.39 Å². The summed E-state index contributed by atoms with van der Waals surface area (Å²) in [5, 5.41) is 10.9. The van der Waals surface area contributed by atoms with E-state index in [0.29, 0.717) is 16.9 Å². The molecular formula is C11H9FN6O. The van der Waals surface area contributed by atoms with Gasteiger partial charge in [-0.1, -0.05) is 0 Å². The van der Waals surface area contributed by atoms with Crippen LogP contribution in [0.15, 0.2) is 24.5 Å². The van der Waals surface area contributed by atoms with Crippen molar-refractivity contribution < 1.29 is 9.13 Å². The highest BCUT2D eigenvalue weighted by Gasteiger charge is 2.11. The molecule has 0 saturated carbocycles. The van der Waals surface area contributed by atoms with Gasteiger partial charge in [-0.05, 0) is 29.0 Å². The molecule has 0 atom stereocenters. The minimum atomic E-state index is -0.562. The van der Waals surface area contributed by atoms with Gasteiger partial charge >= 0.3 is 0 Å². The number of nitrogen functional groups attached to an aromatic ring is 1. The van der Waals surface area contributed by atoms with E-state index >= 15 is 0 Å². The summed E-state index contributed by atoms with van der Waals surface area (Å²) in [5.41, 5.74) is 7.10. The molecule has 2 aromatic heterocycles. The van der Waals surface area contributed by atoms with E-state index in [1.165, 1.54) is 29.0 Å². The molecule has 0 amide bonds. The summed E-state index contributed by atoms with van der Waals surface area (Å²) < 4.78 is 20.5. The van der Waals surface area contributed by atoms with Crippen molar-refractivity contribution in [1.29, 1.82) is 0 Å². The molecule has 8 heteroatoms. The van der Waals surface area contributed by atoms with Crippen LogP contribution in [0.3, 0.4) is 0 Å². The fraction of sp³-hybridized carbons (Fsp3) is 0.0909. The molecule has 2 N–H and O–H groups in total. The zero-order valence-corrected chi connectivity index (χ0v) is 9.91. The first-order chi connectivity index (χ1) is 9.15. The van der Waals surface area contributed by atoms with Gasteiger partial charge in [-0.15, -0.1) is 5.10 Å². The Bertz CT molecular complexity index is 756. The van der Waals surface area contributed by atoms with Crippen molar-refractivity contribution in [2.75, 3.05) is 5.73 Å². The van der Waals surface area contributed by atoms with Gasteiger partial charge in [0.2, 0.25) is 11.5 Å². The minimum Gasteiger partial charge on any atom is -0.434 e. The molecule has 0 aliphatic heterocycles. The van der Waals surface area contributed by atoms with Crippen molar-refractivity contribution in [2.24, 2.45) is 0 Å². The molecule has 0 aliphatic carbocycles. The van der Waals surface area contributed by atoms with Crippen LogP contribution >= 0.6 is 0 Å². The smallest absolute Gasteiger partial charge is 0.242 e. The van der Waals surface area contributed by atoms with Gasteiger partial charge in [-0.2, -0.15) is 4.52 Å². The van der Waals surface area contributed by atoms with Crippen molar-refractivity contribution in [2.45, 2.75) is 6.92 Å². The summed E-state index contributed by atoms with van der Waals surface area (Å²) in [7, 11) is 0. The number of hydrogen-bond acceptors (Lipinski definition) is 6. The van der Waals surface area contributed by atoms with Crippen LogP contribution in [0.1, 0.15) is 5.56 Å². The van der Waals surface area contributed by atoms with E-state index in [2.05, 4.69) is 20.5 Å². The summed E-state index contributed by atoms with van der Waals surface area (Å²) in [6.07, 6.45) is 2.87.